The lowest BCUT2D eigenvalue weighted by molar-refractivity contribution is -0.114. The highest BCUT2D eigenvalue weighted by atomic mass is 32.2. The number of rotatable bonds is 5. The molecule has 0 aliphatic carbocycles. The van der Waals surface area contributed by atoms with E-state index in [9.17, 15) is 4.79 Å². The van der Waals surface area contributed by atoms with Gasteiger partial charge in [-0.25, -0.2) is 4.99 Å². The van der Waals surface area contributed by atoms with Gasteiger partial charge in [-0.05, 0) is 24.6 Å². The lowest BCUT2D eigenvalue weighted by Crippen LogP contribution is -2.24. The molecule has 0 radical (unpaired) electrons. The minimum atomic E-state index is 0.152. The summed E-state index contributed by atoms with van der Waals surface area (Å²) in [6.07, 6.45) is 0. The molecule has 0 saturated carbocycles. The zero-order valence-corrected chi connectivity index (χ0v) is 13.7. The van der Waals surface area contributed by atoms with Crippen molar-refractivity contribution in [3.8, 4) is 0 Å². The second-order valence-electron chi connectivity index (χ2n) is 5.06. The third-order valence-corrected chi connectivity index (χ3v) is 4.19. The Balaban J connectivity index is 2.16. The second kappa shape index (κ2) is 8.39. The molecule has 3 nitrogen and oxygen atoms in total. The van der Waals surface area contributed by atoms with Crippen molar-refractivity contribution in [2.75, 3.05) is 12.8 Å². The number of carbonyl (C=O) groups is 1. The summed E-state index contributed by atoms with van der Waals surface area (Å²) in [6, 6.07) is 20.1. The van der Waals surface area contributed by atoms with E-state index < -0.39 is 0 Å². The maximum absolute atomic E-state index is 11.3. The molecule has 0 aliphatic heterocycles. The Morgan fingerprint density at radius 1 is 1.05 bits per heavy atom. The summed E-state index contributed by atoms with van der Waals surface area (Å²) in [5, 5.41) is 0.852. The van der Waals surface area contributed by atoms with E-state index in [1.807, 2.05) is 55.6 Å². The van der Waals surface area contributed by atoms with E-state index in [0.29, 0.717) is 5.75 Å². The van der Waals surface area contributed by atoms with Crippen molar-refractivity contribution in [2.45, 2.75) is 13.5 Å². The number of ketones is 1. The Bertz CT molecular complexity index is 626. The van der Waals surface area contributed by atoms with Gasteiger partial charge in [0.1, 0.15) is 5.78 Å². The molecule has 0 unspecified atom stereocenters. The van der Waals surface area contributed by atoms with Crippen LogP contribution in [-0.2, 0) is 11.3 Å². The summed E-state index contributed by atoms with van der Waals surface area (Å²) in [4.78, 5) is 18.0. The van der Waals surface area contributed by atoms with Crippen LogP contribution < -0.4 is 0 Å². The predicted molar refractivity (Wildman–Crippen MR) is 94.6 cm³/mol. The molecule has 114 valence electrons. The number of hydrogen-bond acceptors (Lipinski definition) is 3. The van der Waals surface area contributed by atoms with Gasteiger partial charge in [0, 0.05) is 13.6 Å². The van der Waals surface area contributed by atoms with Crippen molar-refractivity contribution in [2.24, 2.45) is 4.99 Å². The molecule has 0 bridgehead atoms. The number of nitrogens with zero attached hydrogens (tertiary/aromatic N) is 2. The van der Waals surface area contributed by atoms with E-state index in [-0.39, 0.29) is 5.78 Å². The third-order valence-electron chi connectivity index (χ3n) is 2.97. The topological polar surface area (TPSA) is 32.7 Å². The van der Waals surface area contributed by atoms with Crippen LogP contribution in [0.4, 0.5) is 5.69 Å². The van der Waals surface area contributed by atoms with Gasteiger partial charge < -0.3 is 4.90 Å². The number of benzene rings is 2. The van der Waals surface area contributed by atoms with Gasteiger partial charge in [-0.15, -0.1) is 0 Å². The smallest absolute Gasteiger partial charge is 0.164 e. The maximum atomic E-state index is 11.3. The molecule has 22 heavy (non-hydrogen) atoms. The minimum absolute atomic E-state index is 0.152. The van der Waals surface area contributed by atoms with Crippen LogP contribution in [-0.4, -0.2) is 28.7 Å². The standard InChI is InChI=1S/C18H20N2OS/c1-15(21)14-22-18(19-17-11-7-4-8-12-17)20(2)13-16-9-5-3-6-10-16/h3-12H,13-14H2,1-2H3. The first-order valence-corrected chi connectivity index (χ1v) is 8.15. The number of amidine groups is 1. The van der Waals surface area contributed by atoms with Crippen molar-refractivity contribution in [3.05, 3.63) is 66.2 Å². The number of hydrogen-bond donors (Lipinski definition) is 0. The monoisotopic (exact) mass is 312 g/mol. The zero-order chi connectivity index (χ0) is 15.8. The van der Waals surface area contributed by atoms with Crippen molar-refractivity contribution in [1.82, 2.24) is 4.90 Å². The van der Waals surface area contributed by atoms with Gasteiger partial charge in [-0.2, -0.15) is 0 Å². The molecule has 0 aromatic heterocycles. The molecule has 2 aromatic carbocycles. The van der Waals surface area contributed by atoms with Crippen molar-refractivity contribution in [1.29, 1.82) is 0 Å². The predicted octanol–water partition coefficient (Wildman–Crippen LogP) is 4.13. The Labute approximate surface area is 136 Å². The molecular formula is C18H20N2OS. The summed E-state index contributed by atoms with van der Waals surface area (Å²) in [6.45, 7) is 2.36. The van der Waals surface area contributed by atoms with E-state index in [1.165, 1.54) is 17.3 Å². The summed E-state index contributed by atoms with van der Waals surface area (Å²) >= 11 is 1.48. The normalized spacial score (nSPS) is 11.3. The Morgan fingerprint density at radius 2 is 1.64 bits per heavy atom. The summed E-state index contributed by atoms with van der Waals surface area (Å²) in [5.74, 6) is 0.587. The van der Waals surface area contributed by atoms with Crippen molar-refractivity contribution >= 4 is 28.4 Å². The van der Waals surface area contributed by atoms with Gasteiger partial charge >= 0.3 is 0 Å². The summed E-state index contributed by atoms with van der Waals surface area (Å²) < 4.78 is 0. The van der Waals surface area contributed by atoms with E-state index in [0.717, 1.165) is 17.4 Å². The number of Topliss-reactive ketones (excluding diaryl/α,β-unsaturated/α-hetero) is 1. The van der Waals surface area contributed by atoms with Crippen LogP contribution in [0.2, 0.25) is 0 Å². The molecule has 0 spiro atoms. The highest BCUT2D eigenvalue weighted by molar-refractivity contribution is 8.14. The average molecular weight is 312 g/mol. The largest absolute Gasteiger partial charge is 0.350 e. The second-order valence-corrected chi connectivity index (χ2v) is 6.00. The molecule has 4 heteroatoms. The average Bonchev–Trinajstić information content (AvgIpc) is 2.53. The summed E-state index contributed by atoms with van der Waals surface area (Å²) in [5.41, 5.74) is 2.11. The van der Waals surface area contributed by atoms with Crippen molar-refractivity contribution in [3.63, 3.8) is 0 Å². The molecular weight excluding hydrogens is 292 g/mol. The van der Waals surface area contributed by atoms with Gasteiger partial charge in [0.2, 0.25) is 0 Å². The molecule has 2 aromatic rings. The lowest BCUT2D eigenvalue weighted by atomic mass is 10.2. The quantitative estimate of drug-likeness (QED) is 0.615. The first kappa shape index (κ1) is 16.3. The minimum Gasteiger partial charge on any atom is -0.350 e. The van der Waals surface area contributed by atoms with Gasteiger partial charge in [-0.3, -0.25) is 4.79 Å². The molecule has 0 amide bonds. The fourth-order valence-electron chi connectivity index (χ4n) is 1.93. The Kier molecular flexibility index (Phi) is 6.22. The van der Waals surface area contributed by atoms with E-state index in [2.05, 4.69) is 22.0 Å². The maximum Gasteiger partial charge on any atom is 0.164 e. The fourth-order valence-corrected chi connectivity index (χ4v) is 2.72. The lowest BCUT2D eigenvalue weighted by Gasteiger charge is -2.20. The molecule has 0 saturated heterocycles. The van der Waals surface area contributed by atoms with E-state index in [1.54, 1.807) is 6.92 Å². The van der Waals surface area contributed by atoms with Crippen LogP contribution in [0.3, 0.4) is 0 Å². The fraction of sp³-hybridized carbons (Fsp3) is 0.222. The van der Waals surface area contributed by atoms with Gasteiger partial charge in [0.25, 0.3) is 0 Å². The van der Waals surface area contributed by atoms with E-state index in [4.69, 9.17) is 0 Å². The third kappa shape index (κ3) is 5.37. The Morgan fingerprint density at radius 3 is 2.23 bits per heavy atom. The highest BCUT2D eigenvalue weighted by Crippen LogP contribution is 2.18. The molecule has 0 fully saturated rings. The first-order valence-electron chi connectivity index (χ1n) is 7.16. The number of para-hydroxylation sites is 1. The number of aliphatic imine (C=N–C) groups is 1. The first-order chi connectivity index (χ1) is 10.6. The van der Waals surface area contributed by atoms with Crippen LogP contribution in [0.15, 0.2) is 65.7 Å². The molecule has 2 rings (SSSR count). The number of thioether (sulfide) groups is 1. The van der Waals surface area contributed by atoms with Crippen molar-refractivity contribution < 1.29 is 4.79 Å². The number of carbonyl (C=O) groups excluding carboxylic acids is 1. The van der Waals surface area contributed by atoms with Crippen LogP contribution in [0, 0.1) is 0 Å². The molecule has 0 atom stereocenters. The van der Waals surface area contributed by atoms with Gasteiger partial charge in [-0.1, -0.05) is 60.3 Å². The van der Waals surface area contributed by atoms with Crippen LogP contribution in [0.5, 0.6) is 0 Å². The van der Waals surface area contributed by atoms with Gasteiger partial charge in [0.05, 0.1) is 11.4 Å². The zero-order valence-electron chi connectivity index (χ0n) is 12.9. The molecule has 0 N–H and O–H groups in total. The van der Waals surface area contributed by atoms with Crippen LogP contribution >= 0.6 is 11.8 Å². The Hall–Kier alpha value is -2.07. The SMILES string of the molecule is CC(=O)CSC(=Nc1ccccc1)N(C)Cc1ccccc1. The van der Waals surface area contributed by atoms with Crippen LogP contribution in [0.25, 0.3) is 0 Å². The summed E-state index contributed by atoms with van der Waals surface area (Å²) in [7, 11) is 2.00. The van der Waals surface area contributed by atoms with Crippen LogP contribution in [0.1, 0.15) is 12.5 Å². The molecule has 0 aliphatic rings. The van der Waals surface area contributed by atoms with Gasteiger partial charge in [0.15, 0.2) is 5.17 Å². The molecule has 0 heterocycles. The van der Waals surface area contributed by atoms with E-state index >= 15 is 0 Å². The highest BCUT2D eigenvalue weighted by Gasteiger charge is 2.10.